The van der Waals surface area contributed by atoms with Crippen molar-refractivity contribution < 1.29 is 27.9 Å². The number of carboxylic acid groups (broad SMARTS) is 1. The molecule has 0 bridgehead atoms. The van der Waals surface area contributed by atoms with Gasteiger partial charge < -0.3 is 9.94 Å². The number of alkyl halides is 3. The molecule has 8 heteroatoms. The third-order valence-corrected chi connectivity index (χ3v) is 7.93. The van der Waals surface area contributed by atoms with Crippen molar-refractivity contribution in [2.24, 2.45) is 11.1 Å². The predicted molar refractivity (Wildman–Crippen MR) is 134 cm³/mol. The normalized spacial score (nSPS) is 20.5. The van der Waals surface area contributed by atoms with Gasteiger partial charge in [0.2, 0.25) is 0 Å². The molecule has 2 aromatic carbocycles. The molecule has 2 aliphatic carbocycles. The number of nitrogens with zero attached hydrogens (tertiary/aromatic N) is 2. The van der Waals surface area contributed by atoms with E-state index in [-0.39, 0.29) is 18.4 Å². The molecule has 3 aliphatic rings. The van der Waals surface area contributed by atoms with Gasteiger partial charge in [0.05, 0.1) is 17.2 Å². The molecular formula is C29H33F3N2O3. The van der Waals surface area contributed by atoms with Gasteiger partial charge in [-0.1, -0.05) is 54.8 Å². The van der Waals surface area contributed by atoms with Gasteiger partial charge in [-0.05, 0) is 66.3 Å². The number of likely N-dealkylation sites (tertiary alicyclic amines) is 1. The van der Waals surface area contributed by atoms with Crippen LogP contribution < -0.4 is 0 Å². The number of aryl methyl sites for hydroxylation is 1. The molecule has 0 aromatic heterocycles. The Morgan fingerprint density at radius 2 is 1.76 bits per heavy atom. The smallest absolute Gasteiger partial charge is 0.416 e. The van der Waals surface area contributed by atoms with Gasteiger partial charge in [-0.15, -0.1) is 0 Å². The van der Waals surface area contributed by atoms with Gasteiger partial charge in [-0.25, -0.2) is 0 Å². The summed E-state index contributed by atoms with van der Waals surface area (Å²) in [4.78, 5) is 18.7. The third-order valence-electron chi connectivity index (χ3n) is 7.93. The van der Waals surface area contributed by atoms with E-state index in [9.17, 15) is 18.0 Å². The van der Waals surface area contributed by atoms with Gasteiger partial charge in [0.1, 0.15) is 6.61 Å². The summed E-state index contributed by atoms with van der Waals surface area (Å²) in [5.74, 6) is -1.04. The van der Waals surface area contributed by atoms with Crippen molar-refractivity contribution in [1.82, 2.24) is 4.90 Å². The quantitative estimate of drug-likeness (QED) is 0.427. The van der Waals surface area contributed by atoms with Gasteiger partial charge in [-0.3, -0.25) is 9.69 Å². The van der Waals surface area contributed by atoms with Crippen LogP contribution in [0.15, 0.2) is 41.6 Å². The number of carbonyl (C=O) groups is 1. The van der Waals surface area contributed by atoms with Crippen molar-refractivity contribution in [2.45, 2.75) is 76.6 Å². The Morgan fingerprint density at radius 3 is 2.49 bits per heavy atom. The van der Waals surface area contributed by atoms with Gasteiger partial charge in [0.25, 0.3) is 0 Å². The summed E-state index contributed by atoms with van der Waals surface area (Å²) in [5, 5.41) is 13.4. The van der Waals surface area contributed by atoms with Gasteiger partial charge in [-0.2, -0.15) is 13.2 Å². The number of aliphatic carboxylic acids is 1. The van der Waals surface area contributed by atoms with Crippen LogP contribution in [-0.2, 0) is 35.4 Å². The first-order chi connectivity index (χ1) is 17.8. The van der Waals surface area contributed by atoms with Crippen LogP contribution in [0.2, 0.25) is 0 Å². The number of rotatable bonds is 7. The molecule has 1 N–H and O–H groups in total. The highest BCUT2D eigenvalue weighted by Gasteiger charge is 2.36. The highest BCUT2D eigenvalue weighted by Crippen LogP contribution is 2.41. The molecule has 1 heterocycles. The van der Waals surface area contributed by atoms with Gasteiger partial charge in [0, 0.05) is 25.2 Å². The van der Waals surface area contributed by atoms with E-state index in [1.165, 1.54) is 11.6 Å². The van der Waals surface area contributed by atoms with Crippen molar-refractivity contribution >= 4 is 11.7 Å². The third kappa shape index (κ3) is 6.00. The fourth-order valence-electron chi connectivity index (χ4n) is 5.92. The molecule has 5 rings (SSSR count). The average molecular weight is 515 g/mol. The van der Waals surface area contributed by atoms with Crippen molar-refractivity contribution in [2.75, 3.05) is 13.1 Å². The van der Waals surface area contributed by atoms with Crippen LogP contribution in [0.4, 0.5) is 13.2 Å². The van der Waals surface area contributed by atoms with E-state index in [2.05, 4.69) is 16.1 Å². The van der Waals surface area contributed by atoms with E-state index < -0.39 is 17.7 Å². The second-order valence-corrected chi connectivity index (χ2v) is 10.6. The molecule has 37 heavy (non-hydrogen) atoms. The molecule has 1 saturated heterocycles. The molecule has 0 spiro atoms. The summed E-state index contributed by atoms with van der Waals surface area (Å²) >= 11 is 0. The van der Waals surface area contributed by atoms with Crippen LogP contribution in [0.5, 0.6) is 0 Å². The van der Waals surface area contributed by atoms with E-state index in [1.54, 1.807) is 12.1 Å². The lowest BCUT2D eigenvalue weighted by Crippen LogP contribution is -2.49. The Hall–Kier alpha value is -2.87. The molecule has 2 fully saturated rings. The maximum absolute atomic E-state index is 13.9. The van der Waals surface area contributed by atoms with Crippen LogP contribution in [0.1, 0.15) is 84.2 Å². The minimum atomic E-state index is -4.39. The van der Waals surface area contributed by atoms with E-state index in [0.717, 1.165) is 74.7 Å². The van der Waals surface area contributed by atoms with Crippen molar-refractivity contribution in [3.63, 3.8) is 0 Å². The molecular weight excluding hydrogens is 481 g/mol. The molecule has 1 aliphatic heterocycles. The predicted octanol–water partition coefficient (Wildman–Crippen LogP) is 6.53. The molecule has 0 amide bonds. The zero-order chi connectivity index (χ0) is 26.0. The second kappa shape index (κ2) is 10.9. The van der Waals surface area contributed by atoms with Gasteiger partial charge in [0.15, 0.2) is 0 Å². The molecule has 2 aromatic rings. The van der Waals surface area contributed by atoms with Crippen LogP contribution in [0.3, 0.4) is 0 Å². The summed E-state index contributed by atoms with van der Waals surface area (Å²) in [6.07, 6.45) is 2.92. The number of fused-ring (bicyclic) bond motifs is 1. The number of benzene rings is 2. The standard InChI is InChI=1S/C29H33F3N2O3/c30-29(31,32)26-14-20(10-11-24(26)21-5-2-1-3-6-21)18-37-33-27-8-4-7-22-13-19(9-12-25(22)27)15-34-16-23(17-34)28(35)36/h9-14,21,23H,1-8,15-18H2,(H,35,36)/b33-27+. The molecule has 0 atom stereocenters. The molecule has 0 radical (unpaired) electrons. The van der Waals surface area contributed by atoms with Crippen molar-refractivity contribution in [3.05, 3.63) is 69.8 Å². The maximum atomic E-state index is 13.9. The average Bonchev–Trinajstić information content (AvgIpc) is 2.85. The Morgan fingerprint density at radius 1 is 1.00 bits per heavy atom. The number of oxime groups is 1. The first-order valence-electron chi connectivity index (χ1n) is 13.2. The Labute approximate surface area is 215 Å². The zero-order valence-corrected chi connectivity index (χ0v) is 20.9. The van der Waals surface area contributed by atoms with E-state index in [0.29, 0.717) is 24.2 Å². The zero-order valence-electron chi connectivity index (χ0n) is 20.9. The summed E-state index contributed by atoms with van der Waals surface area (Å²) in [7, 11) is 0. The summed E-state index contributed by atoms with van der Waals surface area (Å²) in [6, 6.07) is 10.8. The summed E-state index contributed by atoms with van der Waals surface area (Å²) in [5.41, 5.74) is 4.50. The van der Waals surface area contributed by atoms with Crippen LogP contribution in [0, 0.1) is 5.92 Å². The fraction of sp³-hybridized carbons (Fsp3) is 0.517. The monoisotopic (exact) mass is 514 g/mol. The van der Waals surface area contributed by atoms with Gasteiger partial charge >= 0.3 is 12.1 Å². The SMILES string of the molecule is O=C(O)C1CN(Cc2ccc3c(c2)CCC/C3=N\OCc2ccc(C3CCCCC3)c(C(F)(F)F)c2)C1. The first kappa shape index (κ1) is 25.8. The minimum absolute atomic E-state index is 0.00928. The summed E-state index contributed by atoms with van der Waals surface area (Å²) in [6.45, 7) is 1.86. The number of carboxylic acids is 1. The second-order valence-electron chi connectivity index (χ2n) is 10.6. The Kier molecular flexibility index (Phi) is 7.56. The lowest BCUT2D eigenvalue weighted by molar-refractivity contribution is -0.147. The molecule has 198 valence electrons. The summed E-state index contributed by atoms with van der Waals surface area (Å²) < 4.78 is 41.6. The van der Waals surface area contributed by atoms with Crippen LogP contribution in [0.25, 0.3) is 0 Å². The van der Waals surface area contributed by atoms with Crippen LogP contribution in [-0.4, -0.2) is 34.8 Å². The minimum Gasteiger partial charge on any atom is -0.481 e. The van der Waals surface area contributed by atoms with Crippen molar-refractivity contribution in [1.29, 1.82) is 0 Å². The first-order valence-corrected chi connectivity index (χ1v) is 13.2. The Bertz CT molecular complexity index is 1170. The topological polar surface area (TPSA) is 62.1 Å². The van der Waals surface area contributed by atoms with Crippen molar-refractivity contribution in [3.8, 4) is 0 Å². The lowest BCUT2D eigenvalue weighted by atomic mass is 9.81. The maximum Gasteiger partial charge on any atom is 0.416 e. The largest absolute Gasteiger partial charge is 0.481 e. The van der Waals surface area contributed by atoms with E-state index in [4.69, 9.17) is 9.94 Å². The van der Waals surface area contributed by atoms with E-state index in [1.807, 2.05) is 12.1 Å². The fourth-order valence-corrected chi connectivity index (χ4v) is 5.92. The lowest BCUT2D eigenvalue weighted by Gasteiger charge is -2.36. The van der Waals surface area contributed by atoms with Crippen LogP contribution >= 0.6 is 0 Å². The highest BCUT2D eigenvalue weighted by molar-refractivity contribution is 6.02. The number of hydrogen-bond donors (Lipinski definition) is 1. The molecule has 1 saturated carbocycles. The molecule has 5 nitrogen and oxygen atoms in total. The highest BCUT2D eigenvalue weighted by atomic mass is 19.4. The Balaban J connectivity index is 1.24. The number of halogens is 3. The molecule has 0 unspecified atom stereocenters. The van der Waals surface area contributed by atoms with E-state index >= 15 is 0 Å². The number of hydrogen-bond acceptors (Lipinski definition) is 4.